The first kappa shape index (κ1) is 16.2. The zero-order chi connectivity index (χ0) is 17.1. The SMILES string of the molecule is CC(NC(=O)c1ccco1)C(=O)Nc1ccc2c(c1F)CCNC2. The Morgan fingerprint density at radius 3 is 2.92 bits per heavy atom. The second-order valence-electron chi connectivity index (χ2n) is 5.65. The highest BCUT2D eigenvalue weighted by molar-refractivity contribution is 6.00. The standard InChI is InChI=1S/C17H18FN3O3/c1-10(20-17(23)14-3-2-8-24-14)16(22)21-13-5-4-11-9-19-7-6-12(11)15(13)18/h2-5,8,10,19H,6-7,9H2,1H3,(H,20,23)(H,21,22). The van der Waals surface area contributed by atoms with E-state index in [0.717, 1.165) is 5.56 Å². The van der Waals surface area contributed by atoms with Gasteiger partial charge in [0, 0.05) is 6.54 Å². The van der Waals surface area contributed by atoms with Gasteiger partial charge in [-0.25, -0.2) is 4.39 Å². The van der Waals surface area contributed by atoms with E-state index in [0.29, 0.717) is 25.1 Å². The van der Waals surface area contributed by atoms with Crippen LogP contribution in [0.5, 0.6) is 0 Å². The molecule has 0 radical (unpaired) electrons. The summed E-state index contributed by atoms with van der Waals surface area (Å²) in [6, 6.07) is 5.58. The van der Waals surface area contributed by atoms with Crippen LogP contribution in [0.2, 0.25) is 0 Å². The Bertz CT molecular complexity index is 759. The molecule has 1 aromatic carbocycles. The summed E-state index contributed by atoms with van der Waals surface area (Å²) in [5.41, 5.74) is 1.65. The normalized spacial score (nSPS) is 14.6. The molecule has 3 rings (SSSR count). The monoisotopic (exact) mass is 331 g/mol. The number of fused-ring (bicyclic) bond motifs is 1. The maximum absolute atomic E-state index is 14.5. The third kappa shape index (κ3) is 3.30. The fourth-order valence-electron chi connectivity index (χ4n) is 2.61. The Morgan fingerprint density at radius 2 is 2.17 bits per heavy atom. The van der Waals surface area contributed by atoms with E-state index in [2.05, 4.69) is 16.0 Å². The molecule has 3 N–H and O–H groups in total. The number of amides is 2. The number of benzene rings is 1. The van der Waals surface area contributed by atoms with Gasteiger partial charge < -0.3 is 20.4 Å². The molecule has 2 heterocycles. The lowest BCUT2D eigenvalue weighted by atomic mass is 9.99. The number of furan rings is 1. The molecule has 1 aliphatic rings. The molecule has 1 atom stereocenters. The fourth-order valence-corrected chi connectivity index (χ4v) is 2.61. The summed E-state index contributed by atoms with van der Waals surface area (Å²) < 4.78 is 19.5. The van der Waals surface area contributed by atoms with E-state index >= 15 is 0 Å². The van der Waals surface area contributed by atoms with Gasteiger partial charge in [-0.3, -0.25) is 9.59 Å². The number of nitrogens with one attached hydrogen (secondary N) is 3. The minimum atomic E-state index is -0.834. The van der Waals surface area contributed by atoms with Crippen LogP contribution in [0.25, 0.3) is 0 Å². The van der Waals surface area contributed by atoms with E-state index in [9.17, 15) is 14.0 Å². The molecular weight excluding hydrogens is 313 g/mol. The van der Waals surface area contributed by atoms with Crippen LogP contribution in [0.1, 0.15) is 28.6 Å². The molecule has 0 spiro atoms. The van der Waals surface area contributed by atoms with Gasteiger partial charge in [0.1, 0.15) is 11.9 Å². The van der Waals surface area contributed by atoms with E-state index in [1.165, 1.54) is 19.3 Å². The molecule has 1 unspecified atom stereocenters. The Hall–Kier alpha value is -2.67. The second kappa shape index (κ2) is 6.84. The maximum atomic E-state index is 14.5. The minimum absolute atomic E-state index is 0.113. The molecule has 0 aliphatic carbocycles. The van der Waals surface area contributed by atoms with Gasteiger partial charge in [0.25, 0.3) is 5.91 Å². The van der Waals surface area contributed by atoms with Crippen molar-refractivity contribution >= 4 is 17.5 Å². The Labute approximate surface area is 138 Å². The quantitative estimate of drug-likeness (QED) is 0.798. The van der Waals surface area contributed by atoms with Crippen LogP contribution >= 0.6 is 0 Å². The van der Waals surface area contributed by atoms with Crippen molar-refractivity contribution in [3.63, 3.8) is 0 Å². The van der Waals surface area contributed by atoms with Crippen LogP contribution in [-0.4, -0.2) is 24.4 Å². The summed E-state index contributed by atoms with van der Waals surface area (Å²) in [6.07, 6.45) is 1.95. The highest BCUT2D eigenvalue weighted by Gasteiger charge is 2.21. The first-order chi connectivity index (χ1) is 11.6. The second-order valence-corrected chi connectivity index (χ2v) is 5.65. The van der Waals surface area contributed by atoms with Gasteiger partial charge >= 0.3 is 0 Å². The topological polar surface area (TPSA) is 83.4 Å². The Balaban J connectivity index is 1.67. The maximum Gasteiger partial charge on any atom is 0.287 e. The number of hydrogen-bond donors (Lipinski definition) is 3. The minimum Gasteiger partial charge on any atom is -0.459 e. The van der Waals surface area contributed by atoms with E-state index in [-0.39, 0.29) is 11.4 Å². The number of anilines is 1. The lowest BCUT2D eigenvalue weighted by Gasteiger charge is -2.20. The highest BCUT2D eigenvalue weighted by Crippen LogP contribution is 2.24. The number of carbonyl (C=O) groups is 2. The molecule has 1 aromatic heterocycles. The first-order valence-corrected chi connectivity index (χ1v) is 7.72. The van der Waals surface area contributed by atoms with Crippen LogP contribution in [-0.2, 0) is 17.8 Å². The number of carbonyl (C=O) groups excluding carboxylic acids is 2. The summed E-state index contributed by atoms with van der Waals surface area (Å²) >= 11 is 0. The predicted octanol–water partition coefficient (Wildman–Crippen LogP) is 1.82. The van der Waals surface area contributed by atoms with Crippen molar-refractivity contribution in [1.29, 1.82) is 0 Å². The van der Waals surface area contributed by atoms with E-state index in [1.54, 1.807) is 18.2 Å². The van der Waals surface area contributed by atoms with Gasteiger partial charge in [-0.2, -0.15) is 0 Å². The van der Waals surface area contributed by atoms with Crippen molar-refractivity contribution in [1.82, 2.24) is 10.6 Å². The molecule has 1 aliphatic heterocycles. The summed E-state index contributed by atoms with van der Waals surface area (Å²) in [6.45, 7) is 2.85. The van der Waals surface area contributed by atoms with Gasteiger partial charge in [-0.15, -0.1) is 0 Å². The van der Waals surface area contributed by atoms with Crippen LogP contribution in [0.4, 0.5) is 10.1 Å². The average Bonchev–Trinajstić information content (AvgIpc) is 3.12. The molecule has 0 saturated heterocycles. The Kier molecular flexibility index (Phi) is 4.61. The molecule has 0 fully saturated rings. The Morgan fingerprint density at radius 1 is 1.33 bits per heavy atom. The van der Waals surface area contributed by atoms with Crippen molar-refractivity contribution in [2.24, 2.45) is 0 Å². The van der Waals surface area contributed by atoms with Gasteiger partial charge in [0.05, 0.1) is 12.0 Å². The van der Waals surface area contributed by atoms with Crippen molar-refractivity contribution in [2.75, 3.05) is 11.9 Å². The van der Waals surface area contributed by atoms with Crippen molar-refractivity contribution in [2.45, 2.75) is 25.9 Å². The molecule has 0 bridgehead atoms. The van der Waals surface area contributed by atoms with E-state index < -0.39 is 23.7 Å². The lowest BCUT2D eigenvalue weighted by Crippen LogP contribution is -2.41. The molecule has 6 nitrogen and oxygen atoms in total. The van der Waals surface area contributed by atoms with Crippen molar-refractivity contribution in [3.8, 4) is 0 Å². The van der Waals surface area contributed by atoms with E-state index in [4.69, 9.17) is 4.42 Å². The largest absolute Gasteiger partial charge is 0.459 e. The van der Waals surface area contributed by atoms with E-state index in [1.807, 2.05) is 0 Å². The summed E-state index contributed by atoms with van der Waals surface area (Å²) in [7, 11) is 0. The number of hydrogen-bond acceptors (Lipinski definition) is 4. The van der Waals surface area contributed by atoms with Gasteiger partial charge in [-0.1, -0.05) is 6.07 Å². The predicted molar refractivity (Wildman–Crippen MR) is 86.1 cm³/mol. The molecule has 2 aromatic rings. The van der Waals surface area contributed by atoms with Gasteiger partial charge in [0.15, 0.2) is 5.76 Å². The van der Waals surface area contributed by atoms with Crippen LogP contribution in [0, 0.1) is 5.82 Å². The highest BCUT2D eigenvalue weighted by atomic mass is 19.1. The molecule has 0 saturated carbocycles. The third-order valence-corrected chi connectivity index (χ3v) is 3.95. The summed E-state index contributed by atoms with van der Waals surface area (Å²) in [4.78, 5) is 24.1. The third-order valence-electron chi connectivity index (χ3n) is 3.95. The lowest BCUT2D eigenvalue weighted by molar-refractivity contribution is -0.117. The fraction of sp³-hybridized carbons (Fsp3) is 0.294. The number of halogens is 1. The first-order valence-electron chi connectivity index (χ1n) is 7.72. The zero-order valence-electron chi connectivity index (χ0n) is 13.2. The van der Waals surface area contributed by atoms with Gasteiger partial charge in [0.2, 0.25) is 5.91 Å². The molecular formula is C17H18FN3O3. The van der Waals surface area contributed by atoms with Crippen molar-refractivity contribution < 1.29 is 18.4 Å². The zero-order valence-corrected chi connectivity index (χ0v) is 13.2. The smallest absolute Gasteiger partial charge is 0.287 e. The van der Waals surface area contributed by atoms with Crippen LogP contribution < -0.4 is 16.0 Å². The van der Waals surface area contributed by atoms with Gasteiger partial charge in [-0.05, 0) is 49.2 Å². The number of rotatable bonds is 4. The molecule has 2 amide bonds. The summed E-state index contributed by atoms with van der Waals surface area (Å²) in [5.74, 6) is -1.30. The molecule has 126 valence electrons. The molecule has 24 heavy (non-hydrogen) atoms. The summed E-state index contributed by atoms with van der Waals surface area (Å²) in [5, 5.41) is 8.21. The van der Waals surface area contributed by atoms with Crippen LogP contribution in [0.3, 0.4) is 0 Å². The molecule has 7 heteroatoms. The van der Waals surface area contributed by atoms with Crippen molar-refractivity contribution in [3.05, 3.63) is 53.2 Å². The average molecular weight is 331 g/mol. The van der Waals surface area contributed by atoms with Crippen LogP contribution in [0.15, 0.2) is 34.9 Å².